The van der Waals surface area contributed by atoms with Crippen LogP contribution in [0, 0.1) is 5.82 Å². The quantitative estimate of drug-likeness (QED) is 0.784. The first-order valence-electron chi connectivity index (χ1n) is 4.66. The van der Waals surface area contributed by atoms with E-state index in [1.165, 1.54) is 13.1 Å². The summed E-state index contributed by atoms with van der Waals surface area (Å²) < 4.78 is 37.5. The fraction of sp³-hybridized carbons (Fsp3) is 0.400. The molecule has 0 saturated carbocycles. The Morgan fingerprint density at radius 1 is 1.44 bits per heavy atom. The highest BCUT2D eigenvalue weighted by molar-refractivity contribution is 7.90. The minimum absolute atomic E-state index is 0.332. The Bertz CT molecular complexity index is 464. The molecule has 3 nitrogen and oxygen atoms in total. The van der Waals surface area contributed by atoms with Crippen LogP contribution in [0.15, 0.2) is 24.3 Å². The second kappa shape index (κ2) is 5.12. The van der Waals surface area contributed by atoms with Crippen molar-refractivity contribution in [2.24, 2.45) is 0 Å². The monoisotopic (exact) mass is 265 g/mol. The fourth-order valence-electron chi connectivity index (χ4n) is 1.33. The minimum atomic E-state index is -3.53. The van der Waals surface area contributed by atoms with Gasteiger partial charge in [-0.25, -0.2) is 12.8 Å². The molecule has 0 aromatic heterocycles. The van der Waals surface area contributed by atoms with Gasteiger partial charge in [-0.3, -0.25) is 0 Å². The van der Waals surface area contributed by atoms with Gasteiger partial charge in [-0.15, -0.1) is 11.6 Å². The van der Waals surface area contributed by atoms with E-state index in [1.54, 1.807) is 25.1 Å². The number of benzene rings is 1. The van der Waals surface area contributed by atoms with Crippen LogP contribution in [0.3, 0.4) is 0 Å². The van der Waals surface area contributed by atoms with Crippen molar-refractivity contribution >= 4 is 21.6 Å². The number of halogens is 2. The molecular weight excluding hydrogens is 253 g/mol. The van der Waals surface area contributed by atoms with E-state index in [0.717, 1.165) is 4.31 Å². The smallest absolute Gasteiger partial charge is 0.211 e. The Labute approximate surface area is 99.9 Å². The van der Waals surface area contributed by atoms with Crippen LogP contribution < -0.4 is 0 Å². The van der Waals surface area contributed by atoms with Crippen LogP contribution in [0.4, 0.5) is 4.39 Å². The summed E-state index contributed by atoms with van der Waals surface area (Å²) in [4.78, 5) is 0. The van der Waals surface area contributed by atoms with Gasteiger partial charge in [0.05, 0.1) is 0 Å². The van der Waals surface area contributed by atoms with Crippen LogP contribution in [0.1, 0.15) is 18.5 Å². The lowest BCUT2D eigenvalue weighted by Gasteiger charge is -2.23. The number of sulfonamides is 1. The molecule has 1 aromatic carbocycles. The van der Waals surface area contributed by atoms with Crippen molar-refractivity contribution < 1.29 is 12.8 Å². The molecule has 1 unspecified atom stereocenters. The van der Waals surface area contributed by atoms with Crippen LogP contribution in [0.25, 0.3) is 0 Å². The van der Waals surface area contributed by atoms with Crippen LogP contribution >= 0.6 is 11.6 Å². The molecule has 0 fully saturated rings. The lowest BCUT2D eigenvalue weighted by molar-refractivity contribution is 0.390. The van der Waals surface area contributed by atoms with E-state index in [2.05, 4.69) is 0 Å². The third-order valence-corrected chi connectivity index (χ3v) is 4.77. The molecule has 16 heavy (non-hydrogen) atoms. The zero-order chi connectivity index (χ0) is 12.3. The molecule has 0 aliphatic heterocycles. The van der Waals surface area contributed by atoms with E-state index in [9.17, 15) is 12.8 Å². The van der Waals surface area contributed by atoms with Crippen LogP contribution in [-0.4, -0.2) is 25.0 Å². The summed E-state index contributed by atoms with van der Waals surface area (Å²) in [6, 6.07) is 5.50. The van der Waals surface area contributed by atoms with Crippen molar-refractivity contribution in [3.8, 4) is 0 Å². The molecule has 90 valence electrons. The summed E-state index contributed by atoms with van der Waals surface area (Å²) in [6.45, 7) is 1.61. The largest absolute Gasteiger partial charge is 0.228 e. The van der Waals surface area contributed by atoms with Crippen molar-refractivity contribution in [1.82, 2.24) is 4.31 Å². The summed E-state index contributed by atoms with van der Waals surface area (Å²) in [5, 5.41) is -0.512. The first-order chi connectivity index (χ1) is 7.40. The van der Waals surface area contributed by atoms with Gasteiger partial charge in [0.25, 0.3) is 0 Å². The van der Waals surface area contributed by atoms with E-state index in [1.807, 2.05) is 0 Å². The molecule has 0 saturated heterocycles. The van der Waals surface area contributed by atoms with Gasteiger partial charge >= 0.3 is 0 Å². The van der Waals surface area contributed by atoms with Gasteiger partial charge in [-0.2, -0.15) is 4.31 Å². The highest BCUT2D eigenvalue weighted by atomic mass is 35.5. The van der Waals surface area contributed by atoms with E-state index in [0.29, 0.717) is 5.56 Å². The zero-order valence-corrected chi connectivity index (χ0v) is 10.6. The topological polar surface area (TPSA) is 37.4 Å². The predicted molar refractivity (Wildman–Crippen MR) is 62.2 cm³/mol. The molecule has 0 amide bonds. The van der Waals surface area contributed by atoms with Crippen molar-refractivity contribution in [1.29, 1.82) is 0 Å². The molecule has 6 heteroatoms. The van der Waals surface area contributed by atoms with Crippen LogP contribution in [-0.2, 0) is 10.0 Å². The summed E-state index contributed by atoms with van der Waals surface area (Å²) in [5.41, 5.74) is 0.332. The third-order valence-electron chi connectivity index (χ3n) is 2.48. The molecule has 0 bridgehead atoms. The van der Waals surface area contributed by atoms with Gasteiger partial charge in [-0.05, 0) is 13.0 Å². The molecule has 0 heterocycles. The molecule has 0 spiro atoms. The fourth-order valence-corrected chi connectivity index (χ4v) is 2.54. The van der Waals surface area contributed by atoms with Gasteiger partial charge in [-0.1, -0.05) is 18.2 Å². The molecular formula is C10H13ClFNO2S. The van der Waals surface area contributed by atoms with Gasteiger partial charge in [0, 0.05) is 18.7 Å². The van der Waals surface area contributed by atoms with Gasteiger partial charge in [0.15, 0.2) is 0 Å². The number of rotatable bonds is 4. The van der Waals surface area contributed by atoms with E-state index >= 15 is 0 Å². The Morgan fingerprint density at radius 2 is 2.00 bits per heavy atom. The molecule has 1 rings (SSSR count). The van der Waals surface area contributed by atoms with Crippen molar-refractivity contribution in [3.05, 3.63) is 35.6 Å². The molecule has 0 N–H and O–H groups in total. The zero-order valence-electron chi connectivity index (χ0n) is 9.02. The van der Waals surface area contributed by atoms with E-state index in [4.69, 9.17) is 11.6 Å². The lowest BCUT2D eigenvalue weighted by Crippen LogP contribution is -2.30. The maximum absolute atomic E-state index is 13.4. The second-order valence-electron chi connectivity index (χ2n) is 3.43. The summed E-state index contributed by atoms with van der Waals surface area (Å²) >= 11 is 5.34. The highest BCUT2D eigenvalue weighted by Gasteiger charge is 2.24. The van der Waals surface area contributed by atoms with Crippen LogP contribution in [0.5, 0.6) is 0 Å². The van der Waals surface area contributed by atoms with Gasteiger partial charge in [0.1, 0.15) is 11.0 Å². The second-order valence-corrected chi connectivity index (χ2v) is 6.05. The molecule has 1 aromatic rings. The average Bonchev–Trinajstić information content (AvgIpc) is 2.27. The number of nitrogens with zero attached hydrogens (tertiary/aromatic N) is 1. The summed E-state index contributed by atoms with van der Waals surface area (Å²) in [7, 11) is -2.15. The number of alkyl halides is 1. The lowest BCUT2D eigenvalue weighted by atomic mass is 10.1. The van der Waals surface area contributed by atoms with Crippen molar-refractivity contribution in [2.75, 3.05) is 12.3 Å². The van der Waals surface area contributed by atoms with E-state index in [-0.39, 0.29) is 0 Å². The standard InChI is InChI=1S/C10H13ClFNO2S/c1-8(13(2)16(14,15)7-11)9-5-3-4-6-10(9)12/h3-6,8H,7H2,1-2H3. The van der Waals surface area contributed by atoms with Gasteiger partial charge in [0.2, 0.25) is 10.0 Å². The van der Waals surface area contributed by atoms with Gasteiger partial charge < -0.3 is 0 Å². The van der Waals surface area contributed by atoms with Crippen molar-refractivity contribution in [2.45, 2.75) is 13.0 Å². The molecule has 0 aliphatic rings. The van der Waals surface area contributed by atoms with Crippen molar-refractivity contribution in [3.63, 3.8) is 0 Å². The molecule has 0 aliphatic carbocycles. The average molecular weight is 266 g/mol. The summed E-state index contributed by atoms with van der Waals surface area (Å²) in [6.07, 6.45) is 0. The first-order valence-corrected chi connectivity index (χ1v) is 6.80. The minimum Gasteiger partial charge on any atom is -0.211 e. The SMILES string of the molecule is CC(c1ccccc1F)N(C)S(=O)(=O)CCl. The first kappa shape index (κ1) is 13.4. The molecule has 1 atom stereocenters. The molecule has 0 radical (unpaired) electrons. The van der Waals surface area contributed by atoms with Crippen LogP contribution in [0.2, 0.25) is 0 Å². The Balaban J connectivity index is 3.04. The maximum atomic E-state index is 13.4. The highest BCUT2D eigenvalue weighted by Crippen LogP contribution is 2.24. The Morgan fingerprint density at radius 3 is 2.50 bits per heavy atom. The Kier molecular flexibility index (Phi) is 4.29. The van der Waals surface area contributed by atoms with E-state index < -0.39 is 27.1 Å². The Hall–Kier alpha value is -0.650. The normalized spacial score (nSPS) is 14.1. The number of hydrogen-bond donors (Lipinski definition) is 0. The predicted octanol–water partition coefficient (Wildman–Crippen LogP) is 2.34. The number of hydrogen-bond acceptors (Lipinski definition) is 2. The maximum Gasteiger partial charge on any atom is 0.228 e. The third kappa shape index (κ3) is 2.72. The summed E-state index contributed by atoms with van der Waals surface area (Å²) in [5.74, 6) is -0.424.